The number of aromatic amines is 2. The second kappa shape index (κ2) is 8.88. The molecule has 0 bridgehead atoms. The molecule has 0 aliphatic carbocycles. The van der Waals surface area contributed by atoms with Gasteiger partial charge in [-0.25, -0.2) is 9.59 Å². The molecule has 0 spiro atoms. The number of aryl methyl sites for hydroxylation is 2. The first-order valence-corrected chi connectivity index (χ1v) is 12.1. The van der Waals surface area contributed by atoms with Crippen LogP contribution in [-0.4, -0.2) is 66.8 Å². The summed E-state index contributed by atoms with van der Waals surface area (Å²) >= 11 is 0. The van der Waals surface area contributed by atoms with Gasteiger partial charge in [0.25, 0.3) is 0 Å². The molecule has 1 saturated heterocycles. The second-order valence-corrected chi connectivity index (χ2v) is 9.41. The quantitative estimate of drug-likeness (QED) is 0.156. The lowest BCUT2D eigenvalue weighted by atomic mass is 9.92. The van der Waals surface area contributed by atoms with Crippen LogP contribution < -0.4 is 16.8 Å². The summed E-state index contributed by atoms with van der Waals surface area (Å²) in [6, 6.07) is 6.31. The SMILES string of the molecule is Bc1c(O)c(O)c2[nH]c(=O)n(CCCN3CCC(n4c(=O)[nH]c5cc(CC)ccc54)CC3)c2c1O. The lowest BCUT2D eigenvalue weighted by Gasteiger charge is -2.32. The van der Waals surface area contributed by atoms with Crippen LogP contribution in [0.4, 0.5) is 0 Å². The smallest absolute Gasteiger partial charge is 0.326 e. The number of likely N-dealkylation sites (tertiary alicyclic amines) is 1. The Kier molecular flexibility index (Phi) is 5.88. The van der Waals surface area contributed by atoms with Gasteiger partial charge in [-0.2, -0.15) is 0 Å². The van der Waals surface area contributed by atoms with Gasteiger partial charge in [0.2, 0.25) is 0 Å². The van der Waals surface area contributed by atoms with E-state index in [0.717, 1.165) is 49.9 Å². The first-order valence-electron chi connectivity index (χ1n) is 12.1. The summed E-state index contributed by atoms with van der Waals surface area (Å²) in [5.74, 6) is -1.09. The Bertz CT molecular complexity index is 1520. The maximum atomic E-state index is 12.7. The Labute approximate surface area is 201 Å². The van der Waals surface area contributed by atoms with Gasteiger partial charge in [-0.05, 0) is 55.4 Å². The summed E-state index contributed by atoms with van der Waals surface area (Å²) in [4.78, 5) is 33.0. The maximum Gasteiger partial charge on any atom is 0.326 e. The zero-order valence-electron chi connectivity index (χ0n) is 20.0. The van der Waals surface area contributed by atoms with Gasteiger partial charge in [-0.3, -0.25) is 9.13 Å². The van der Waals surface area contributed by atoms with E-state index in [2.05, 4.69) is 33.9 Å². The Hall–Kier alpha value is -3.60. The zero-order chi connectivity index (χ0) is 24.9. The average Bonchev–Trinajstić information content (AvgIpc) is 3.37. The summed E-state index contributed by atoms with van der Waals surface area (Å²) in [5.41, 5.74) is 2.90. The van der Waals surface area contributed by atoms with Crippen LogP contribution in [0.5, 0.6) is 17.2 Å². The van der Waals surface area contributed by atoms with E-state index in [-0.39, 0.29) is 34.0 Å². The second-order valence-electron chi connectivity index (χ2n) is 9.41. The van der Waals surface area contributed by atoms with Crippen molar-refractivity contribution in [2.45, 2.75) is 45.2 Å². The minimum absolute atomic E-state index is 0.0339. The molecule has 1 fully saturated rings. The Balaban J connectivity index is 1.24. The summed E-state index contributed by atoms with van der Waals surface area (Å²) in [7, 11) is 1.48. The molecule has 184 valence electrons. The number of H-pyrrole nitrogens is 2. The normalized spacial score (nSPS) is 15.5. The van der Waals surface area contributed by atoms with E-state index in [1.54, 1.807) is 0 Å². The van der Waals surface area contributed by atoms with Gasteiger partial charge in [-0.15, -0.1) is 0 Å². The largest absolute Gasteiger partial charge is 0.506 e. The minimum atomic E-state index is -0.445. The summed E-state index contributed by atoms with van der Waals surface area (Å²) in [6.07, 6.45) is 3.32. The molecule has 0 radical (unpaired) electrons. The van der Waals surface area contributed by atoms with E-state index < -0.39 is 17.2 Å². The fourth-order valence-corrected chi connectivity index (χ4v) is 5.30. The molecule has 11 heteroatoms. The van der Waals surface area contributed by atoms with Crippen molar-refractivity contribution in [3.63, 3.8) is 0 Å². The molecule has 35 heavy (non-hydrogen) atoms. The maximum absolute atomic E-state index is 12.7. The van der Waals surface area contributed by atoms with Gasteiger partial charge in [-0.1, -0.05) is 13.0 Å². The predicted octanol–water partition coefficient (Wildman–Crippen LogP) is 0.637. The monoisotopic (exact) mass is 479 g/mol. The Morgan fingerprint density at radius 1 is 1.00 bits per heavy atom. The van der Waals surface area contributed by atoms with Crippen molar-refractivity contribution in [3.05, 3.63) is 44.7 Å². The van der Waals surface area contributed by atoms with Crippen LogP contribution in [0.1, 0.15) is 37.8 Å². The number of phenols is 3. The number of hydrogen-bond donors (Lipinski definition) is 5. The van der Waals surface area contributed by atoms with Crippen molar-refractivity contribution in [3.8, 4) is 17.2 Å². The first-order chi connectivity index (χ1) is 16.8. The highest BCUT2D eigenvalue weighted by Gasteiger charge is 2.24. The molecule has 1 aliphatic heterocycles. The highest BCUT2D eigenvalue weighted by atomic mass is 16.3. The molecule has 10 nitrogen and oxygen atoms in total. The van der Waals surface area contributed by atoms with E-state index in [9.17, 15) is 24.9 Å². The van der Waals surface area contributed by atoms with Crippen LogP contribution in [0.3, 0.4) is 0 Å². The predicted molar refractivity (Wildman–Crippen MR) is 137 cm³/mol. The summed E-state index contributed by atoms with van der Waals surface area (Å²) in [5, 5.41) is 30.6. The molecule has 5 rings (SSSR count). The molecule has 2 aromatic carbocycles. The number of aromatic hydroxyl groups is 3. The Morgan fingerprint density at radius 3 is 2.46 bits per heavy atom. The molecule has 4 aromatic rings. The number of benzene rings is 2. The van der Waals surface area contributed by atoms with E-state index in [1.165, 1.54) is 18.0 Å². The van der Waals surface area contributed by atoms with Crippen molar-refractivity contribution < 1.29 is 15.3 Å². The number of rotatable bonds is 6. The van der Waals surface area contributed by atoms with Crippen LogP contribution in [0.2, 0.25) is 0 Å². The summed E-state index contributed by atoms with van der Waals surface area (Å²) < 4.78 is 3.30. The molecule has 1 aliphatic rings. The number of nitrogens with zero attached hydrogens (tertiary/aromatic N) is 3. The third kappa shape index (κ3) is 3.89. The molecule has 0 saturated carbocycles. The zero-order valence-corrected chi connectivity index (χ0v) is 20.0. The highest BCUT2D eigenvalue weighted by Crippen LogP contribution is 2.35. The van der Waals surface area contributed by atoms with E-state index >= 15 is 0 Å². The van der Waals surface area contributed by atoms with Gasteiger partial charge in [0.05, 0.1) is 11.0 Å². The van der Waals surface area contributed by atoms with Gasteiger partial charge < -0.3 is 30.2 Å². The third-order valence-electron chi connectivity index (χ3n) is 7.35. The molecule has 0 atom stereocenters. The van der Waals surface area contributed by atoms with Crippen molar-refractivity contribution in [1.29, 1.82) is 0 Å². The van der Waals surface area contributed by atoms with Crippen LogP contribution in [0, 0.1) is 0 Å². The number of nitrogens with one attached hydrogen (secondary N) is 2. The number of imidazole rings is 2. The summed E-state index contributed by atoms with van der Waals surface area (Å²) in [6.45, 7) is 4.91. The van der Waals surface area contributed by atoms with Gasteiger partial charge in [0.1, 0.15) is 24.6 Å². The number of aromatic nitrogens is 4. The number of hydrogen-bond acceptors (Lipinski definition) is 6. The van der Waals surface area contributed by atoms with Gasteiger partial charge in [0.15, 0.2) is 11.5 Å². The van der Waals surface area contributed by atoms with E-state index in [1.807, 2.05) is 10.6 Å². The fraction of sp³-hybridized carbons (Fsp3) is 0.417. The lowest BCUT2D eigenvalue weighted by Crippen LogP contribution is -2.37. The fourth-order valence-electron chi connectivity index (χ4n) is 5.30. The van der Waals surface area contributed by atoms with Gasteiger partial charge in [0, 0.05) is 25.7 Å². The number of fused-ring (bicyclic) bond motifs is 2. The van der Waals surface area contributed by atoms with Crippen molar-refractivity contribution in [1.82, 2.24) is 24.0 Å². The topological polar surface area (TPSA) is 140 Å². The van der Waals surface area contributed by atoms with Crippen LogP contribution >= 0.6 is 0 Å². The third-order valence-corrected chi connectivity index (χ3v) is 7.35. The van der Waals surface area contributed by atoms with Gasteiger partial charge >= 0.3 is 11.4 Å². The Morgan fingerprint density at radius 2 is 1.74 bits per heavy atom. The minimum Gasteiger partial charge on any atom is -0.506 e. The molecule has 0 amide bonds. The molecule has 5 N–H and O–H groups in total. The van der Waals surface area contributed by atoms with Crippen molar-refractivity contribution in [2.24, 2.45) is 0 Å². The number of phenolic OH excluding ortho intramolecular Hbond substituents is 3. The molecule has 3 heterocycles. The lowest BCUT2D eigenvalue weighted by molar-refractivity contribution is 0.183. The van der Waals surface area contributed by atoms with E-state index in [4.69, 9.17) is 0 Å². The molecular weight excluding hydrogens is 449 g/mol. The molecule has 2 aromatic heterocycles. The van der Waals surface area contributed by atoms with E-state index in [0.29, 0.717) is 13.0 Å². The van der Waals surface area contributed by atoms with Crippen molar-refractivity contribution >= 4 is 35.4 Å². The van der Waals surface area contributed by atoms with Crippen LogP contribution in [0.25, 0.3) is 22.1 Å². The van der Waals surface area contributed by atoms with Crippen molar-refractivity contribution in [2.75, 3.05) is 19.6 Å². The molecule has 0 unspecified atom stereocenters. The molecular formula is C24H30BN5O5. The first kappa shape index (κ1) is 23.2. The average molecular weight is 479 g/mol. The number of piperidine rings is 1. The van der Waals surface area contributed by atoms with Crippen LogP contribution in [0.15, 0.2) is 27.8 Å². The highest BCUT2D eigenvalue weighted by molar-refractivity contribution is 6.38. The standard InChI is InChI=1S/C24H30BN5O5/c1-2-13-4-5-16-15(12-13)26-24(35)30(16)14-6-10-28(11-7-14)8-3-9-29-19-18(27-23(29)34)22(33)21(32)17(25)20(19)31/h4-5,12,14,31-33H,2-3,6-11,25H2,1H3,(H,26,35)(H,27,34). The van der Waals surface area contributed by atoms with Crippen LogP contribution in [-0.2, 0) is 13.0 Å².